The second kappa shape index (κ2) is 11.5. The Morgan fingerprint density at radius 1 is 1.09 bits per heavy atom. The number of amides is 1. The van der Waals surface area contributed by atoms with E-state index in [1.54, 1.807) is 41.9 Å². The van der Waals surface area contributed by atoms with Crippen molar-refractivity contribution >= 4 is 23.8 Å². The lowest BCUT2D eigenvalue weighted by Crippen LogP contribution is -2.47. The molecule has 0 spiro atoms. The van der Waals surface area contributed by atoms with Crippen molar-refractivity contribution in [2.24, 2.45) is 5.73 Å². The number of nitrogens with two attached hydrogens (primary N) is 1. The van der Waals surface area contributed by atoms with Crippen LogP contribution in [-0.2, 0) is 30.3 Å². The molecular formula is C22H32N2O9. The van der Waals surface area contributed by atoms with E-state index in [0.717, 1.165) is 17.5 Å². The van der Waals surface area contributed by atoms with Gasteiger partial charge in [0, 0.05) is 0 Å². The number of nitrogens with zero attached hydrogens (tertiary/aromatic N) is 1. The third-order valence-corrected chi connectivity index (χ3v) is 4.64. The number of benzene rings is 1. The van der Waals surface area contributed by atoms with Gasteiger partial charge in [-0.1, -0.05) is 0 Å². The molecule has 11 nitrogen and oxygen atoms in total. The van der Waals surface area contributed by atoms with Crippen LogP contribution >= 0.6 is 0 Å². The Bertz CT molecular complexity index is 879. The first kappa shape index (κ1) is 27.7. The summed E-state index contributed by atoms with van der Waals surface area (Å²) in [6.07, 6.45) is 1.48. The van der Waals surface area contributed by atoms with E-state index in [4.69, 9.17) is 39.7 Å². The zero-order valence-corrected chi connectivity index (χ0v) is 19.7. The number of carbonyl (C=O) groups excluding carboxylic acids is 2. The van der Waals surface area contributed by atoms with Crippen molar-refractivity contribution in [3.05, 3.63) is 23.3 Å². The minimum atomic E-state index is -1.82. The van der Waals surface area contributed by atoms with Gasteiger partial charge < -0.3 is 35.1 Å². The normalized spacial score (nSPS) is 15.3. The topological polar surface area (TPSA) is 166 Å². The molecule has 33 heavy (non-hydrogen) atoms. The molecule has 1 aromatic rings. The van der Waals surface area contributed by atoms with Gasteiger partial charge in [0.25, 0.3) is 0 Å². The standard InChI is InChI=1S/C20H30N2O5.C2H2O4/c1-12(21)19(24)22(11-18(23)27-20(2,3)4)15-8-7-13-9-16(25-5)17(26-6)10-14(13)15;3-1(4)2(5)6/h9-10,12,15H,7-8,11,21H2,1-6H3;(H,3,4)(H,5,6)/t12-,15?;/m0./s1. The van der Waals surface area contributed by atoms with Gasteiger partial charge >= 0.3 is 17.9 Å². The minimum absolute atomic E-state index is 0.143. The molecule has 184 valence electrons. The highest BCUT2D eigenvalue weighted by Gasteiger charge is 2.35. The summed E-state index contributed by atoms with van der Waals surface area (Å²) in [6, 6.07) is 2.83. The number of aliphatic carboxylic acids is 2. The number of methoxy groups -OCH3 is 2. The van der Waals surface area contributed by atoms with E-state index < -0.39 is 29.6 Å². The number of esters is 1. The molecule has 1 aliphatic rings. The van der Waals surface area contributed by atoms with E-state index in [0.29, 0.717) is 17.9 Å². The van der Waals surface area contributed by atoms with E-state index in [2.05, 4.69) is 0 Å². The van der Waals surface area contributed by atoms with Crippen LogP contribution in [0.1, 0.15) is 51.3 Å². The largest absolute Gasteiger partial charge is 0.493 e. The molecule has 0 heterocycles. The number of carboxylic acid groups (broad SMARTS) is 2. The third kappa shape index (κ3) is 7.94. The zero-order chi connectivity index (χ0) is 25.5. The van der Waals surface area contributed by atoms with Crippen molar-refractivity contribution in [3.8, 4) is 11.5 Å². The highest BCUT2D eigenvalue weighted by Crippen LogP contribution is 2.42. The molecular weight excluding hydrogens is 436 g/mol. The van der Waals surface area contributed by atoms with E-state index in [1.807, 2.05) is 12.1 Å². The molecule has 1 amide bonds. The summed E-state index contributed by atoms with van der Waals surface area (Å²) in [6.45, 7) is 6.87. The first-order chi connectivity index (χ1) is 15.2. The fourth-order valence-corrected chi connectivity index (χ4v) is 3.35. The molecule has 11 heteroatoms. The number of carboxylic acids is 2. The van der Waals surface area contributed by atoms with Gasteiger partial charge in [-0.15, -0.1) is 0 Å². The second-order valence-corrected chi connectivity index (χ2v) is 8.41. The molecule has 1 unspecified atom stereocenters. The predicted octanol–water partition coefficient (Wildman–Crippen LogP) is 1.36. The van der Waals surface area contributed by atoms with Gasteiger partial charge in [0.2, 0.25) is 5.91 Å². The summed E-state index contributed by atoms with van der Waals surface area (Å²) in [5.74, 6) is -3.15. The maximum absolute atomic E-state index is 12.8. The molecule has 0 aromatic heterocycles. The average Bonchev–Trinajstić information content (AvgIpc) is 3.11. The Morgan fingerprint density at radius 2 is 1.61 bits per heavy atom. The highest BCUT2D eigenvalue weighted by molar-refractivity contribution is 6.27. The number of rotatable bonds is 6. The van der Waals surface area contributed by atoms with Gasteiger partial charge in [-0.3, -0.25) is 9.59 Å². The maximum Gasteiger partial charge on any atom is 0.414 e. The molecule has 2 rings (SSSR count). The summed E-state index contributed by atoms with van der Waals surface area (Å²) >= 11 is 0. The van der Waals surface area contributed by atoms with E-state index in [-0.39, 0.29) is 18.5 Å². The smallest absolute Gasteiger partial charge is 0.414 e. The van der Waals surface area contributed by atoms with Gasteiger partial charge in [-0.05, 0) is 63.8 Å². The van der Waals surface area contributed by atoms with Crippen LogP contribution in [0.25, 0.3) is 0 Å². The maximum atomic E-state index is 12.8. The van der Waals surface area contributed by atoms with Crippen molar-refractivity contribution in [2.45, 2.75) is 58.2 Å². The van der Waals surface area contributed by atoms with Gasteiger partial charge in [0.1, 0.15) is 12.1 Å². The molecule has 0 aliphatic heterocycles. The van der Waals surface area contributed by atoms with E-state index in [9.17, 15) is 9.59 Å². The number of ether oxygens (including phenoxy) is 3. The molecule has 2 atom stereocenters. The SMILES string of the molecule is COc1cc2c(cc1OC)C(N(CC(=O)OC(C)(C)C)C(=O)[C@H](C)N)CC2.O=C(O)C(=O)O. The molecule has 0 saturated carbocycles. The average molecular weight is 469 g/mol. The van der Waals surface area contributed by atoms with Crippen molar-refractivity contribution < 1.29 is 43.6 Å². The lowest BCUT2D eigenvalue weighted by Gasteiger charge is -2.31. The zero-order valence-electron chi connectivity index (χ0n) is 19.7. The molecule has 0 radical (unpaired) electrons. The molecule has 0 fully saturated rings. The van der Waals surface area contributed by atoms with E-state index >= 15 is 0 Å². The van der Waals surface area contributed by atoms with Gasteiger partial charge in [-0.2, -0.15) is 0 Å². The number of hydrogen-bond acceptors (Lipinski definition) is 8. The van der Waals surface area contributed by atoms with Crippen molar-refractivity contribution in [3.63, 3.8) is 0 Å². The van der Waals surface area contributed by atoms with Gasteiger partial charge in [-0.25, -0.2) is 9.59 Å². The molecule has 4 N–H and O–H groups in total. The number of hydrogen-bond donors (Lipinski definition) is 3. The predicted molar refractivity (Wildman–Crippen MR) is 117 cm³/mol. The molecule has 1 aliphatic carbocycles. The van der Waals surface area contributed by atoms with Crippen LogP contribution in [0.5, 0.6) is 11.5 Å². The molecule has 0 bridgehead atoms. The lowest BCUT2D eigenvalue weighted by atomic mass is 10.0. The fourth-order valence-electron chi connectivity index (χ4n) is 3.35. The van der Waals surface area contributed by atoms with E-state index in [1.165, 1.54) is 4.90 Å². The summed E-state index contributed by atoms with van der Waals surface area (Å²) in [4.78, 5) is 44.9. The minimum Gasteiger partial charge on any atom is -0.493 e. The van der Waals surface area contributed by atoms with Crippen LogP contribution in [0.3, 0.4) is 0 Å². The van der Waals surface area contributed by atoms with Gasteiger partial charge in [0.05, 0.1) is 26.3 Å². The number of aryl methyl sites for hydroxylation is 1. The Morgan fingerprint density at radius 3 is 2.03 bits per heavy atom. The molecule has 1 aromatic carbocycles. The quantitative estimate of drug-likeness (QED) is 0.410. The third-order valence-electron chi connectivity index (χ3n) is 4.64. The number of carbonyl (C=O) groups is 4. The van der Waals surface area contributed by atoms with Crippen molar-refractivity contribution in [2.75, 3.05) is 20.8 Å². The summed E-state index contributed by atoms with van der Waals surface area (Å²) in [5, 5.41) is 14.8. The van der Waals surface area contributed by atoms with Crippen LogP contribution in [0.15, 0.2) is 12.1 Å². The summed E-state index contributed by atoms with van der Waals surface area (Å²) < 4.78 is 16.2. The first-order valence-corrected chi connectivity index (χ1v) is 10.2. The van der Waals surface area contributed by atoms with Crippen LogP contribution in [-0.4, -0.2) is 71.3 Å². The first-order valence-electron chi connectivity index (χ1n) is 10.2. The number of fused-ring (bicyclic) bond motifs is 1. The second-order valence-electron chi connectivity index (χ2n) is 8.41. The molecule has 0 saturated heterocycles. The van der Waals surface area contributed by atoms with Crippen LogP contribution in [0.4, 0.5) is 0 Å². The van der Waals surface area contributed by atoms with Crippen LogP contribution in [0.2, 0.25) is 0 Å². The van der Waals surface area contributed by atoms with Gasteiger partial charge in [0.15, 0.2) is 11.5 Å². The Hall–Kier alpha value is -3.34. The van der Waals surface area contributed by atoms with Crippen molar-refractivity contribution in [1.29, 1.82) is 0 Å². The Labute approximate surface area is 192 Å². The summed E-state index contributed by atoms with van der Waals surface area (Å²) in [7, 11) is 3.16. The Balaban J connectivity index is 0.000000801. The Kier molecular flexibility index (Phi) is 9.65. The highest BCUT2D eigenvalue weighted by atomic mass is 16.6. The fraction of sp³-hybridized carbons (Fsp3) is 0.545. The van der Waals surface area contributed by atoms with Crippen molar-refractivity contribution in [1.82, 2.24) is 4.90 Å². The monoisotopic (exact) mass is 468 g/mol. The van der Waals surface area contributed by atoms with Crippen LogP contribution < -0.4 is 15.2 Å². The van der Waals surface area contributed by atoms with Crippen LogP contribution in [0, 0.1) is 0 Å². The lowest BCUT2D eigenvalue weighted by molar-refractivity contribution is -0.160. The summed E-state index contributed by atoms with van der Waals surface area (Å²) in [5.41, 5.74) is 7.24.